The summed E-state index contributed by atoms with van der Waals surface area (Å²) < 4.78 is 30.4. The van der Waals surface area contributed by atoms with Crippen LogP contribution in [0.5, 0.6) is 0 Å². The largest absolute Gasteiger partial charge is 0.280 e. The molecule has 1 N–H and O–H groups in total. The highest BCUT2D eigenvalue weighted by atomic mass is 32.2. The van der Waals surface area contributed by atoms with Gasteiger partial charge in [-0.2, -0.15) is 14.6 Å². The van der Waals surface area contributed by atoms with Crippen LogP contribution < -0.4 is 4.72 Å². The Bertz CT molecular complexity index is 1430. The summed E-state index contributed by atoms with van der Waals surface area (Å²) in [7, 11) is -3.66. The smallest absolute Gasteiger partial charge is 0.261 e. The number of rotatable bonds is 7. The van der Waals surface area contributed by atoms with Crippen molar-refractivity contribution in [2.45, 2.75) is 73.1 Å². The number of benzene rings is 2. The maximum absolute atomic E-state index is 13.0. The maximum Gasteiger partial charge on any atom is 0.261 e. The number of nitrogens with zero attached hydrogens (tertiary/aromatic N) is 4. The molecule has 2 heterocycles. The lowest BCUT2D eigenvalue weighted by Gasteiger charge is -2.22. The minimum atomic E-state index is -3.66. The zero-order valence-electron chi connectivity index (χ0n) is 19.9. The number of aromatic nitrogens is 4. The first-order valence-electron chi connectivity index (χ1n) is 12.0. The first-order valence-corrected chi connectivity index (χ1v) is 14.3. The van der Waals surface area contributed by atoms with E-state index < -0.39 is 10.0 Å². The van der Waals surface area contributed by atoms with Gasteiger partial charge in [0.15, 0.2) is 0 Å². The highest BCUT2D eigenvalue weighted by molar-refractivity contribution is 7.99. The number of sulfonamides is 1. The molecule has 0 amide bonds. The second kappa shape index (κ2) is 9.99. The van der Waals surface area contributed by atoms with E-state index >= 15 is 0 Å². The molecule has 0 spiro atoms. The van der Waals surface area contributed by atoms with Gasteiger partial charge < -0.3 is 0 Å². The molecule has 35 heavy (non-hydrogen) atoms. The molecule has 1 fully saturated rings. The summed E-state index contributed by atoms with van der Waals surface area (Å²) in [6, 6.07) is 14.8. The Kier molecular flexibility index (Phi) is 6.80. The third-order valence-electron chi connectivity index (χ3n) is 6.63. The molecule has 0 unspecified atom stereocenters. The van der Waals surface area contributed by atoms with Crippen molar-refractivity contribution in [1.29, 1.82) is 0 Å². The number of hydrogen-bond donors (Lipinski definition) is 1. The Balaban J connectivity index is 1.31. The Labute approximate surface area is 210 Å². The molecule has 1 aliphatic carbocycles. The summed E-state index contributed by atoms with van der Waals surface area (Å²) in [6.45, 7) is 4.08. The third kappa shape index (κ3) is 5.06. The Morgan fingerprint density at radius 3 is 2.43 bits per heavy atom. The highest BCUT2D eigenvalue weighted by Gasteiger charge is 2.19. The van der Waals surface area contributed by atoms with Crippen LogP contribution >= 0.6 is 11.8 Å². The molecule has 2 aromatic heterocycles. The molecule has 182 valence electrons. The van der Waals surface area contributed by atoms with Gasteiger partial charge in [0.25, 0.3) is 15.8 Å². The lowest BCUT2D eigenvalue weighted by molar-refractivity contribution is 0.443. The number of nitrogens with one attached hydrogen (secondary N) is 1. The molecule has 1 aliphatic rings. The number of fused-ring (bicyclic) bond motifs is 1. The summed E-state index contributed by atoms with van der Waals surface area (Å²) in [4.78, 5) is 10.0. The van der Waals surface area contributed by atoms with Gasteiger partial charge in [-0.3, -0.25) is 4.72 Å². The molecule has 0 atom stereocenters. The number of hydrogen-bond acceptors (Lipinski definition) is 6. The number of aryl methyl sites for hydroxylation is 1. The van der Waals surface area contributed by atoms with Crippen molar-refractivity contribution in [3.63, 3.8) is 0 Å². The minimum Gasteiger partial charge on any atom is -0.280 e. The summed E-state index contributed by atoms with van der Waals surface area (Å²) >= 11 is 1.57. The molecule has 1 saturated carbocycles. The average Bonchev–Trinajstić information content (AvgIpc) is 3.34. The van der Waals surface area contributed by atoms with Crippen LogP contribution in [0.25, 0.3) is 5.78 Å². The molecule has 0 radical (unpaired) electrons. The Hall–Kier alpha value is -2.91. The van der Waals surface area contributed by atoms with E-state index in [9.17, 15) is 8.42 Å². The van der Waals surface area contributed by atoms with Gasteiger partial charge in [-0.1, -0.05) is 50.1 Å². The van der Waals surface area contributed by atoms with Crippen molar-refractivity contribution >= 4 is 33.3 Å². The lowest BCUT2D eigenvalue weighted by atomic mass is 9.84. The summed E-state index contributed by atoms with van der Waals surface area (Å²) in [5.41, 5.74) is 3.83. The third-order valence-corrected chi connectivity index (χ3v) is 9.14. The van der Waals surface area contributed by atoms with Gasteiger partial charge >= 0.3 is 0 Å². The normalized spacial score (nSPS) is 14.9. The molecule has 0 bridgehead atoms. The van der Waals surface area contributed by atoms with Crippen molar-refractivity contribution in [3.05, 3.63) is 71.7 Å². The van der Waals surface area contributed by atoms with E-state index in [1.807, 2.05) is 31.2 Å². The van der Waals surface area contributed by atoms with Crippen LogP contribution in [-0.4, -0.2) is 28.0 Å². The van der Waals surface area contributed by atoms with Crippen molar-refractivity contribution in [2.75, 3.05) is 4.72 Å². The molecule has 4 aromatic rings. The molecule has 5 rings (SSSR count). The Morgan fingerprint density at radius 1 is 1.03 bits per heavy atom. The fourth-order valence-electron chi connectivity index (χ4n) is 4.74. The van der Waals surface area contributed by atoms with Gasteiger partial charge in [-0.15, -0.1) is 0 Å². The van der Waals surface area contributed by atoms with Crippen LogP contribution in [0.2, 0.25) is 0 Å². The molecule has 0 saturated heterocycles. The van der Waals surface area contributed by atoms with Gasteiger partial charge in [-0.25, -0.2) is 13.4 Å². The molecular weight excluding hydrogens is 478 g/mol. The van der Waals surface area contributed by atoms with E-state index in [1.165, 1.54) is 44.0 Å². The van der Waals surface area contributed by atoms with E-state index in [1.54, 1.807) is 40.5 Å². The molecular formula is C26H29N5O2S2. The van der Waals surface area contributed by atoms with E-state index in [0.717, 1.165) is 27.6 Å². The first kappa shape index (κ1) is 23.8. The van der Waals surface area contributed by atoms with Crippen molar-refractivity contribution in [3.8, 4) is 0 Å². The fraction of sp³-hybridized carbons (Fsp3) is 0.346. The predicted octanol–water partition coefficient (Wildman–Crippen LogP) is 5.99. The first-order chi connectivity index (χ1) is 16.9. The molecule has 7 nitrogen and oxygen atoms in total. The quantitative estimate of drug-likeness (QED) is 0.309. The van der Waals surface area contributed by atoms with Gasteiger partial charge in [-0.05, 0) is 74.1 Å². The molecule has 0 aliphatic heterocycles. The van der Waals surface area contributed by atoms with E-state index in [-0.39, 0.29) is 4.90 Å². The maximum atomic E-state index is 13.0. The molecule has 2 aromatic carbocycles. The average molecular weight is 508 g/mol. The van der Waals surface area contributed by atoms with Gasteiger partial charge in [0.2, 0.25) is 0 Å². The zero-order chi connectivity index (χ0) is 24.4. The van der Waals surface area contributed by atoms with E-state index in [0.29, 0.717) is 17.4 Å². The van der Waals surface area contributed by atoms with Crippen LogP contribution in [0.4, 0.5) is 5.69 Å². The van der Waals surface area contributed by atoms with Crippen LogP contribution in [0.1, 0.15) is 61.8 Å². The Morgan fingerprint density at radius 2 is 1.74 bits per heavy atom. The van der Waals surface area contributed by atoms with Crippen molar-refractivity contribution in [2.24, 2.45) is 0 Å². The van der Waals surface area contributed by atoms with Gasteiger partial charge in [0.05, 0.1) is 4.90 Å². The number of anilines is 1. The van der Waals surface area contributed by atoms with Crippen molar-refractivity contribution in [1.82, 2.24) is 19.6 Å². The summed E-state index contributed by atoms with van der Waals surface area (Å²) in [5, 5.41) is 5.30. The van der Waals surface area contributed by atoms with Gasteiger partial charge in [0.1, 0.15) is 11.4 Å². The second-order valence-electron chi connectivity index (χ2n) is 8.94. The topological polar surface area (TPSA) is 89.2 Å². The standard InChI is InChI=1S/C26H29N5O2S2/c1-3-24-18(2)29-26-27-17-28-31(26)25(24)34-22-13-11-21(12-14-22)30-35(32,33)23-15-9-20(10-16-23)19-7-5-4-6-8-19/h9-17,19,30H,3-8H2,1-2H3. The summed E-state index contributed by atoms with van der Waals surface area (Å²) in [6.07, 6.45) is 8.53. The zero-order valence-corrected chi connectivity index (χ0v) is 21.6. The molecule has 9 heteroatoms. The lowest BCUT2D eigenvalue weighted by Crippen LogP contribution is -2.13. The SMILES string of the molecule is CCc1c(C)nc2ncnn2c1Sc1ccc(NS(=O)(=O)c2ccc(C3CCCCC3)cc2)cc1. The van der Waals surface area contributed by atoms with Crippen LogP contribution in [-0.2, 0) is 16.4 Å². The highest BCUT2D eigenvalue weighted by Crippen LogP contribution is 2.34. The van der Waals surface area contributed by atoms with E-state index in [4.69, 9.17) is 0 Å². The predicted molar refractivity (Wildman–Crippen MR) is 139 cm³/mol. The monoisotopic (exact) mass is 507 g/mol. The fourth-order valence-corrected chi connectivity index (χ4v) is 6.92. The summed E-state index contributed by atoms with van der Waals surface area (Å²) in [5.74, 6) is 1.12. The van der Waals surface area contributed by atoms with Crippen LogP contribution in [0, 0.1) is 6.92 Å². The second-order valence-corrected chi connectivity index (χ2v) is 11.7. The van der Waals surface area contributed by atoms with E-state index in [2.05, 4.69) is 26.7 Å². The van der Waals surface area contributed by atoms with Crippen molar-refractivity contribution < 1.29 is 8.42 Å². The van der Waals surface area contributed by atoms with Gasteiger partial charge in [0, 0.05) is 21.8 Å². The van der Waals surface area contributed by atoms with Crippen LogP contribution in [0.3, 0.4) is 0 Å². The van der Waals surface area contributed by atoms with Crippen LogP contribution in [0.15, 0.2) is 69.7 Å². The minimum absolute atomic E-state index is 0.281.